The number of ether oxygens (including phenoxy) is 1. The fraction of sp³-hybridized carbons (Fsp3) is 0.375. The van der Waals surface area contributed by atoms with Gasteiger partial charge in [-0.05, 0) is 43.2 Å². The van der Waals surface area contributed by atoms with Crippen LogP contribution in [0.1, 0.15) is 49.4 Å². The van der Waals surface area contributed by atoms with E-state index in [1.807, 2.05) is 55.4 Å². The first-order chi connectivity index (χ1) is 15.0. The zero-order chi connectivity index (χ0) is 22.0. The SMILES string of the molecule is COc1cc(N(C)C)ccc1C=Nn1c(C2CCCCC2)nc2ccc(Br)cc2c1=O. The quantitative estimate of drug-likeness (QED) is 0.471. The molecule has 162 valence electrons. The molecule has 1 saturated carbocycles. The predicted molar refractivity (Wildman–Crippen MR) is 130 cm³/mol. The largest absolute Gasteiger partial charge is 0.496 e. The van der Waals surface area contributed by atoms with Gasteiger partial charge in [0.1, 0.15) is 11.6 Å². The minimum Gasteiger partial charge on any atom is -0.496 e. The van der Waals surface area contributed by atoms with Crippen LogP contribution in [0, 0.1) is 0 Å². The Bertz CT molecular complexity index is 1180. The van der Waals surface area contributed by atoms with E-state index in [4.69, 9.17) is 9.72 Å². The fourth-order valence-corrected chi connectivity index (χ4v) is 4.47. The lowest BCUT2D eigenvalue weighted by Gasteiger charge is -2.22. The Morgan fingerprint density at radius 2 is 1.94 bits per heavy atom. The van der Waals surface area contributed by atoms with E-state index in [1.54, 1.807) is 13.3 Å². The highest BCUT2D eigenvalue weighted by atomic mass is 79.9. The van der Waals surface area contributed by atoms with Crippen molar-refractivity contribution in [2.24, 2.45) is 5.10 Å². The number of anilines is 1. The highest BCUT2D eigenvalue weighted by Gasteiger charge is 2.22. The van der Waals surface area contributed by atoms with E-state index in [2.05, 4.69) is 21.0 Å². The highest BCUT2D eigenvalue weighted by Crippen LogP contribution is 2.32. The van der Waals surface area contributed by atoms with Crippen molar-refractivity contribution in [3.05, 3.63) is 62.6 Å². The molecule has 0 unspecified atom stereocenters. The van der Waals surface area contributed by atoms with Gasteiger partial charge in [0.05, 0.1) is 24.2 Å². The summed E-state index contributed by atoms with van der Waals surface area (Å²) in [6.07, 6.45) is 7.30. The average Bonchev–Trinajstić information content (AvgIpc) is 2.79. The van der Waals surface area contributed by atoms with Crippen LogP contribution in [0.15, 0.2) is 50.8 Å². The zero-order valence-electron chi connectivity index (χ0n) is 18.1. The van der Waals surface area contributed by atoms with Gasteiger partial charge in [0.25, 0.3) is 5.56 Å². The van der Waals surface area contributed by atoms with Gasteiger partial charge in [0.15, 0.2) is 0 Å². The van der Waals surface area contributed by atoms with Crippen molar-refractivity contribution in [3.63, 3.8) is 0 Å². The fourth-order valence-electron chi connectivity index (χ4n) is 4.11. The Morgan fingerprint density at radius 3 is 2.65 bits per heavy atom. The van der Waals surface area contributed by atoms with E-state index in [-0.39, 0.29) is 11.5 Å². The van der Waals surface area contributed by atoms with Gasteiger partial charge in [-0.3, -0.25) is 4.79 Å². The Kier molecular flexibility index (Phi) is 6.41. The Balaban J connectivity index is 1.84. The summed E-state index contributed by atoms with van der Waals surface area (Å²) < 4.78 is 7.90. The van der Waals surface area contributed by atoms with Gasteiger partial charge >= 0.3 is 0 Å². The highest BCUT2D eigenvalue weighted by molar-refractivity contribution is 9.10. The lowest BCUT2D eigenvalue weighted by atomic mass is 9.88. The first-order valence-corrected chi connectivity index (χ1v) is 11.4. The summed E-state index contributed by atoms with van der Waals surface area (Å²) in [5.41, 5.74) is 2.41. The molecular formula is C24H27BrN4O2. The van der Waals surface area contributed by atoms with E-state index in [0.29, 0.717) is 16.7 Å². The van der Waals surface area contributed by atoms with Crippen molar-refractivity contribution in [1.29, 1.82) is 0 Å². The summed E-state index contributed by atoms with van der Waals surface area (Å²) in [6.45, 7) is 0. The van der Waals surface area contributed by atoms with Crippen LogP contribution < -0.4 is 15.2 Å². The molecule has 0 spiro atoms. The maximum Gasteiger partial charge on any atom is 0.282 e. The number of nitrogens with zero attached hydrogens (tertiary/aromatic N) is 4. The zero-order valence-corrected chi connectivity index (χ0v) is 19.7. The van der Waals surface area contributed by atoms with Crippen molar-refractivity contribution in [1.82, 2.24) is 9.66 Å². The maximum atomic E-state index is 13.4. The molecule has 0 atom stereocenters. The van der Waals surface area contributed by atoms with Crippen LogP contribution in [0.25, 0.3) is 10.9 Å². The molecule has 2 aromatic carbocycles. The molecule has 6 nitrogen and oxygen atoms in total. The monoisotopic (exact) mass is 482 g/mol. The lowest BCUT2D eigenvalue weighted by Crippen LogP contribution is -2.25. The number of benzene rings is 2. The van der Waals surface area contributed by atoms with Gasteiger partial charge in [0, 0.05) is 41.8 Å². The molecule has 1 aliphatic carbocycles. The molecule has 0 amide bonds. The van der Waals surface area contributed by atoms with Crippen molar-refractivity contribution in [2.75, 3.05) is 26.1 Å². The first-order valence-electron chi connectivity index (χ1n) is 10.6. The van der Waals surface area contributed by atoms with Crippen LogP contribution in [0.3, 0.4) is 0 Å². The molecule has 1 aliphatic rings. The molecule has 1 fully saturated rings. The molecule has 3 aromatic rings. The molecular weight excluding hydrogens is 456 g/mol. The summed E-state index contributed by atoms with van der Waals surface area (Å²) in [5.74, 6) is 1.70. The summed E-state index contributed by atoms with van der Waals surface area (Å²) >= 11 is 3.46. The van der Waals surface area contributed by atoms with E-state index < -0.39 is 0 Å². The molecule has 0 aliphatic heterocycles. The molecule has 31 heavy (non-hydrogen) atoms. The smallest absolute Gasteiger partial charge is 0.282 e. The van der Waals surface area contributed by atoms with Crippen molar-refractivity contribution in [2.45, 2.75) is 38.0 Å². The van der Waals surface area contributed by atoms with Gasteiger partial charge in [-0.1, -0.05) is 35.2 Å². The van der Waals surface area contributed by atoms with Crippen LogP contribution in [0.2, 0.25) is 0 Å². The van der Waals surface area contributed by atoms with Crippen LogP contribution >= 0.6 is 15.9 Å². The Morgan fingerprint density at radius 1 is 1.16 bits per heavy atom. The molecule has 7 heteroatoms. The molecule has 4 rings (SSSR count). The van der Waals surface area contributed by atoms with Gasteiger partial charge in [0.2, 0.25) is 0 Å². The van der Waals surface area contributed by atoms with Crippen LogP contribution in [0.5, 0.6) is 5.75 Å². The molecule has 0 bridgehead atoms. The van der Waals surface area contributed by atoms with Crippen LogP contribution in [-0.2, 0) is 0 Å². The topological polar surface area (TPSA) is 59.7 Å². The summed E-state index contributed by atoms with van der Waals surface area (Å²) in [5, 5.41) is 5.18. The first kappa shape index (κ1) is 21.6. The summed E-state index contributed by atoms with van der Waals surface area (Å²) in [4.78, 5) is 20.3. The third-order valence-electron chi connectivity index (χ3n) is 5.85. The standard InChI is InChI=1S/C24H27BrN4O2/c1-28(2)19-11-9-17(22(14-19)31-3)15-26-29-23(16-7-5-4-6-8-16)27-21-12-10-18(25)13-20(21)24(29)30/h9-16H,4-8H2,1-3H3. The normalized spacial score (nSPS) is 15.0. The molecule has 0 N–H and O–H groups in total. The lowest BCUT2D eigenvalue weighted by molar-refractivity contribution is 0.413. The number of aromatic nitrogens is 2. The average molecular weight is 483 g/mol. The third-order valence-corrected chi connectivity index (χ3v) is 6.34. The molecule has 0 radical (unpaired) electrons. The van der Waals surface area contributed by atoms with E-state index in [0.717, 1.165) is 47.2 Å². The van der Waals surface area contributed by atoms with Gasteiger partial charge in [-0.25, -0.2) is 4.98 Å². The van der Waals surface area contributed by atoms with Crippen LogP contribution in [0.4, 0.5) is 5.69 Å². The number of fused-ring (bicyclic) bond motifs is 1. The number of hydrogen-bond acceptors (Lipinski definition) is 5. The van der Waals surface area contributed by atoms with Gasteiger partial charge < -0.3 is 9.64 Å². The number of methoxy groups -OCH3 is 1. The van der Waals surface area contributed by atoms with Gasteiger partial charge in [-0.15, -0.1) is 0 Å². The third kappa shape index (κ3) is 4.51. The second kappa shape index (κ2) is 9.22. The van der Waals surface area contributed by atoms with E-state index >= 15 is 0 Å². The van der Waals surface area contributed by atoms with E-state index in [9.17, 15) is 4.79 Å². The molecule has 0 saturated heterocycles. The second-order valence-corrected chi connectivity index (χ2v) is 9.06. The minimum atomic E-state index is -0.146. The van der Waals surface area contributed by atoms with Gasteiger partial charge in [-0.2, -0.15) is 9.78 Å². The van der Waals surface area contributed by atoms with E-state index in [1.165, 1.54) is 11.1 Å². The second-order valence-electron chi connectivity index (χ2n) is 8.15. The molecule has 1 aromatic heterocycles. The Hall–Kier alpha value is -2.67. The van der Waals surface area contributed by atoms with Crippen molar-refractivity contribution < 1.29 is 4.74 Å². The summed E-state index contributed by atoms with van der Waals surface area (Å²) in [7, 11) is 5.61. The number of rotatable bonds is 5. The molecule has 1 heterocycles. The number of halogens is 1. The Labute approximate surface area is 190 Å². The summed E-state index contributed by atoms with van der Waals surface area (Å²) in [6, 6.07) is 11.5. The predicted octanol–water partition coefficient (Wildman–Crippen LogP) is 5.16. The van der Waals surface area contributed by atoms with Crippen molar-refractivity contribution >= 4 is 38.7 Å². The number of hydrogen-bond donors (Lipinski definition) is 0. The maximum absolute atomic E-state index is 13.4. The van der Waals surface area contributed by atoms with Crippen molar-refractivity contribution in [3.8, 4) is 5.75 Å². The van der Waals surface area contributed by atoms with Crippen LogP contribution in [-0.4, -0.2) is 37.1 Å². The minimum absolute atomic E-state index is 0.146.